The second-order valence-corrected chi connectivity index (χ2v) is 3.20. The fourth-order valence-electron chi connectivity index (χ4n) is 0.634. The Bertz CT molecular complexity index is 86.9. The van der Waals surface area contributed by atoms with Crippen molar-refractivity contribution in [3.05, 3.63) is 0 Å². The van der Waals surface area contributed by atoms with Crippen molar-refractivity contribution >= 4 is 18.9 Å². The Balaban J connectivity index is 3.75. The average Bonchev–Trinajstić information content (AvgIpc) is 1.89. The minimum Gasteiger partial charge on any atom is -0.291 e. The van der Waals surface area contributed by atoms with Gasteiger partial charge in [-0.2, -0.15) is 12.6 Å². The molecule has 0 aliphatic heterocycles. The minimum absolute atomic E-state index is 0.0955. The number of thiol groups is 1. The predicted octanol–water partition coefficient (Wildman–Crippen LogP) is 1.97. The third-order valence-corrected chi connectivity index (χ3v) is 2.51. The van der Waals surface area contributed by atoms with Gasteiger partial charge < -0.3 is 0 Å². The van der Waals surface area contributed by atoms with Crippen molar-refractivity contribution in [1.82, 2.24) is 0 Å². The molecule has 0 saturated heterocycles. The maximum Gasteiger partial charge on any atom is 0.199 e. The van der Waals surface area contributed by atoms with Crippen molar-refractivity contribution in [3.63, 3.8) is 0 Å². The summed E-state index contributed by atoms with van der Waals surface area (Å²) in [5, 5.41) is 0. The van der Waals surface area contributed by atoms with E-state index in [-0.39, 0.29) is 4.75 Å². The molecule has 1 radical (unpaired) electrons. The predicted molar refractivity (Wildman–Crippen MR) is 42.6 cm³/mol. The van der Waals surface area contributed by atoms with Gasteiger partial charge in [-0.3, -0.25) is 4.79 Å². The highest BCUT2D eigenvalue weighted by molar-refractivity contribution is 7.81. The second-order valence-electron chi connectivity index (χ2n) is 2.25. The molecule has 9 heavy (non-hydrogen) atoms. The average molecular weight is 145 g/mol. The molecule has 0 aliphatic rings. The summed E-state index contributed by atoms with van der Waals surface area (Å²) in [6.45, 7) is 4.07. The van der Waals surface area contributed by atoms with E-state index in [1.54, 1.807) is 0 Å². The number of hydrogen-bond donors (Lipinski definition) is 1. The fourth-order valence-corrected chi connectivity index (χ4v) is 0.699. The molecular formula is C7H13OS. The van der Waals surface area contributed by atoms with Crippen LogP contribution in [0.2, 0.25) is 0 Å². The van der Waals surface area contributed by atoms with Gasteiger partial charge in [-0.25, -0.2) is 0 Å². The summed E-state index contributed by atoms with van der Waals surface area (Å²) in [5.41, 5.74) is 0. The lowest BCUT2D eigenvalue weighted by Gasteiger charge is -2.21. The van der Waals surface area contributed by atoms with Crippen LogP contribution in [0, 0.1) is 0 Å². The van der Waals surface area contributed by atoms with E-state index in [0.29, 0.717) is 6.42 Å². The van der Waals surface area contributed by atoms with Crippen molar-refractivity contribution in [1.29, 1.82) is 0 Å². The third kappa shape index (κ3) is 2.89. The molecule has 0 aromatic rings. The summed E-state index contributed by atoms with van der Waals surface area (Å²) in [7, 11) is 0. The summed E-state index contributed by atoms with van der Waals surface area (Å²) in [5.74, 6) is 0. The van der Waals surface area contributed by atoms with Crippen LogP contribution in [-0.4, -0.2) is 11.0 Å². The second kappa shape index (κ2) is 3.94. The normalized spacial score (nSPS) is 11.4. The lowest BCUT2D eigenvalue weighted by atomic mass is 9.99. The first-order chi connectivity index (χ1) is 4.18. The van der Waals surface area contributed by atoms with Crippen molar-refractivity contribution < 1.29 is 4.79 Å². The summed E-state index contributed by atoms with van der Waals surface area (Å²) < 4.78 is -0.0955. The SMILES string of the molecule is CCC(S)(CC)C[C]=O. The van der Waals surface area contributed by atoms with Crippen molar-refractivity contribution in [2.45, 2.75) is 37.9 Å². The topological polar surface area (TPSA) is 17.1 Å². The van der Waals surface area contributed by atoms with E-state index in [1.807, 2.05) is 20.1 Å². The summed E-state index contributed by atoms with van der Waals surface area (Å²) in [4.78, 5) is 9.96. The molecule has 0 heterocycles. The maximum atomic E-state index is 9.96. The Labute approximate surface area is 62.2 Å². The molecule has 0 saturated carbocycles. The first-order valence-corrected chi connectivity index (χ1v) is 3.70. The van der Waals surface area contributed by atoms with Crippen LogP contribution in [0.4, 0.5) is 0 Å². The molecular weight excluding hydrogens is 132 g/mol. The lowest BCUT2D eigenvalue weighted by Crippen LogP contribution is -2.19. The van der Waals surface area contributed by atoms with Gasteiger partial charge in [0.25, 0.3) is 0 Å². The van der Waals surface area contributed by atoms with Gasteiger partial charge in [0.2, 0.25) is 0 Å². The maximum absolute atomic E-state index is 9.96. The molecule has 0 bridgehead atoms. The summed E-state index contributed by atoms with van der Waals surface area (Å²) in [6, 6.07) is 0. The van der Waals surface area contributed by atoms with E-state index < -0.39 is 0 Å². The molecule has 0 aliphatic carbocycles. The first kappa shape index (κ1) is 9.02. The highest BCUT2D eigenvalue weighted by Crippen LogP contribution is 2.25. The smallest absolute Gasteiger partial charge is 0.199 e. The number of carbonyl (C=O) groups excluding carboxylic acids is 1. The molecule has 0 aromatic carbocycles. The van der Waals surface area contributed by atoms with E-state index in [1.165, 1.54) is 0 Å². The third-order valence-electron chi connectivity index (χ3n) is 1.72. The van der Waals surface area contributed by atoms with Crippen LogP contribution in [0.1, 0.15) is 33.1 Å². The zero-order chi connectivity index (χ0) is 7.33. The van der Waals surface area contributed by atoms with Gasteiger partial charge in [0.05, 0.1) is 0 Å². The zero-order valence-electron chi connectivity index (χ0n) is 5.98. The van der Waals surface area contributed by atoms with E-state index in [4.69, 9.17) is 0 Å². The van der Waals surface area contributed by atoms with E-state index >= 15 is 0 Å². The van der Waals surface area contributed by atoms with Crippen LogP contribution >= 0.6 is 12.6 Å². The van der Waals surface area contributed by atoms with Gasteiger partial charge in [-0.15, -0.1) is 0 Å². The molecule has 0 spiro atoms. The van der Waals surface area contributed by atoms with Crippen LogP contribution in [0.5, 0.6) is 0 Å². The molecule has 0 unspecified atom stereocenters. The molecule has 0 atom stereocenters. The molecule has 0 N–H and O–H groups in total. The number of rotatable bonds is 4. The van der Waals surface area contributed by atoms with Gasteiger partial charge in [0, 0.05) is 11.2 Å². The van der Waals surface area contributed by atoms with Gasteiger partial charge in [-0.1, -0.05) is 13.8 Å². The molecule has 2 heteroatoms. The summed E-state index contributed by atoms with van der Waals surface area (Å²) in [6.07, 6.45) is 4.20. The van der Waals surface area contributed by atoms with Crippen LogP contribution < -0.4 is 0 Å². The van der Waals surface area contributed by atoms with Crippen LogP contribution in [0.3, 0.4) is 0 Å². The monoisotopic (exact) mass is 145 g/mol. The highest BCUT2D eigenvalue weighted by atomic mass is 32.1. The zero-order valence-corrected chi connectivity index (χ0v) is 6.87. The van der Waals surface area contributed by atoms with E-state index in [2.05, 4.69) is 12.6 Å². The Morgan fingerprint density at radius 2 is 1.89 bits per heavy atom. The van der Waals surface area contributed by atoms with Crippen LogP contribution in [0.25, 0.3) is 0 Å². The fraction of sp³-hybridized carbons (Fsp3) is 0.857. The van der Waals surface area contributed by atoms with Crippen molar-refractivity contribution in [2.75, 3.05) is 0 Å². The molecule has 0 amide bonds. The Morgan fingerprint density at radius 3 is 2.00 bits per heavy atom. The van der Waals surface area contributed by atoms with Gasteiger partial charge in [-0.05, 0) is 12.8 Å². The molecule has 53 valence electrons. The van der Waals surface area contributed by atoms with E-state index in [0.717, 1.165) is 12.8 Å². The van der Waals surface area contributed by atoms with Crippen LogP contribution in [0.15, 0.2) is 0 Å². The van der Waals surface area contributed by atoms with E-state index in [9.17, 15) is 4.79 Å². The first-order valence-electron chi connectivity index (χ1n) is 3.26. The van der Waals surface area contributed by atoms with Gasteiger partial charge in [0.15, 0.2) is 6.29 Å². The minimum atomic E-state index is -0.0955. The van der Waals surface area contributed by atoms with Gasteiger partial charge >= 0.3 is 0 Å². The summed E-state index contributed by atoms with van der Waals surface area (Å²) >= 11 is 4.34. The standard InChI is InChI=1S/C7H13OS/c1-3-7(9,4-2)5-6-8/h9H,3-5H2,1-2H3. The highest BCUT2D eigenvalue weighted by Gasteiger charge is 2.19. The molecule has 1 nitrogen and oxygen atoms in total. The van der Waals surface area contributed by atoms with Crippen molar-refractivity contribution in [2.24, 2.45) is 0 Å². The van der Waals surface area contributed by atoms with Gasteiger partial charge in [0.1, 0.15) is 0 Å². The number of hydrogen-bond acceptors (Lipinski definition) is 2. The largest absolute Gasteiger partial charge is 0.291 e. The Morgan fingerprint density at radius 1 is 1.44 bits per heavy atom. The Hall–Kier alpha value is 0.0200. The molecule has 0 rings (SSSR count). The molecule has 0 fully saturated rings. The Kier molecular flexibility index (Phi) is 3.95. The quantitative estimate of drug-likeness (QED) is 0.598. The van der Waals surface area contributed by atoms with Crippen LogP contribution in [-0.2, 0) is 4.79 Å². The molecule has 0 aromatic heterocycles. The van der Waals surface area contributed by atoms with Crippen molar-refractivity contribution in [3.8, 4) is 0 Å². The lowest BCUT2D eigenvalue weighted by molar-refractivity contribution is 0.514.